The van der Waals surface area contributed by atoms with Gasteiger partial charge in [0, 0.05) is 21.8 Å². The van der Waals surface area contributed by atoms with Crippen LogP contribution in [0.4, 0.5) is 5.69 Å². The molecule has 3 aromatic rings. The summed E-state index contributed by atoms with van der Waals surface area (Å²) in [5, 5.41) is 14.0. The van der Waals surface area contributed by atoms with E-state index in [2.05, 4.69) is 5.32 Å². The van der Waals surface area contributed by atoms with Gasteiger partial charge < -0.3 is 15.2 Å². The smallest absolute Gasteiger partial charge is 0.255 e. The monoisotopic (exact) mass is 367 g/mol. The first-order valence-electron chi connectivity index (χ1n) is 8.06. The van der Waals surface area contributed by atoms with E-state index >= 15 is 0 Å². The Morgan fingerprint density at radius 2 is 1.73 bits per heavy atom. The number of aliphatic hydroxyl groups excluding tert-OH is 1. The van der Waals surface area contributed by atoms with E-state index in [-0.39, 0.29) is 5.91 Å². The van der Waals surface area contributed by atoms with Crippen LogP contribution < -0.4 is 10.1 Å². The van der Waals surface area contributed by atoms with Crippen molar-refractivity contribution in [2.24, 2.45) is 0 Å². The minimum absolute atomic E-state index is 0.281. The number of hydrogen-bond donors (Lipinski definition) is 2. The van der Waals surface area contributed by atoms with Crippen LogP contribution >= 0.6 is 11.6 Å². The number of rotatable bonds is 5. The van der Waals surface area contributed by atoms with Gasteiger partial charge in [0.15, 0.2) is 0 Å². The Morgan fingerprint density at radius 1 is 1.04 bits per heavy atom. The second-order valence-corrected chi connectivity index (χ2v) is 6.16. The van der Waals surface area contributed by atoms with Crippen molar-refractivity contribution < 1.29 is 14.6 Å². The molecule has 132 valence electrons. The van der Waals surface area contributed by atoms with Crippen molar-refractivity contribution in [1.29, 1.82) is 0 Å². The number of methoxy groups -OCH3 is 1. The zero-order valence-corrected chi connectivity index (χ0v) is 14.9. The van der Waals surface area contributed by atoms with Gasteiger partial charge in [-0.1, -0.05) is 41.9 Å². The Kier molecular flexibility index (Phi) is 5.56. The number of anilines is 1. The van der Waals surface area contributed by atoms with Crippen LogP contribution in [0.15, 0.2) is 72.8 Å². The molecule has 0 unspecified atom stereocenters. The van der Waals surface area contributed by atoms with Crippen molar-refractivity contribution in [2.45, 2.75) is 6.10 Å². The standard InChI is InChI=1S/C21H18ClNO3/c1-26-17-10-7-15(8-11-17)21(25)23-19-12-9-16(22)13-18(19)20(24)14-5-3-2-4-6-14/h2-13,20,24H,1H3,(H,23,25)/t20-/m0/s1. The number of ether oxygens (including phenoxy) is 1. The molecule has 0 radical (unpaired) electrons. The second-order valence-electron chi connectivity index (χ2n) is 5.73. The quantitative estimate of drug-likeness (QED) is 0.688. The Bertz CT molecular complexity index is 895. The average Bonchev–Trinajstić information content (AvgIpc) is 2.69. The molecule has 0 aromatic heterocycles. The lowest BCUT2D eigenvalue weighted by molar-refractivity contribution is 0.102. The highest BCUT2D eigenvalue weighted by Gasteiger charge is 2.17. The summed E-state index contributed by atoms with van der Waals surface area (Å²) in [6, 6.07) is 21.0. The summed E-state index contributed by atoms with van der Waals surface area (Å²) >= 11 is 6.10. The number of benzene rings is 3. The van der Waals surface area contributed by atoms with E-state index in [1.807, 2.05) is 30.3 Å². The highest BCUT2D eigenvalue weighted by Crippen LogP contribution is 2.31. The van der Waals surface area contributed by atoms with E-state index in [1.54, 1.807) is 49.6 Å². The van der Waals surface area contributed by atoms with Gasteiger partial charge in [0.25, 0.3) is 5.91 Å². The number of halogens is 1. The molecule has 26 heavy (non-hydrogen) atoms. The van der Waals surface area contributed by atoms with Crippen LogP contribution in [0.1, 0.15) is 27.6 Å². The third-order valence-electron chi connectivity index (χ3n) is 4.02. The molecule has 0 aliphatic heterocycles. The average molecular weight is 368 g/mol. The Hall–Kier alpha value is -2.82. The van der Waals surface area contributed by atoms with Gasteiger partial charge in [-0.2, -0.15) is 0 Å². The van der Waals surface area contributed by atoms with Gasteiger partial charge in [0.05, 0.1) is 7.11 Å². The first-order chi connectivity index (χ1) is 12.6. The number of amides is 1. The Morgan fingerprint density at radius 3 is 2.38 bits per heavy atom. The van der Waals surface area contributed by atoms with Crippen LogP contribution in [0, 0.1) is 0 Å². The van der Waals surface area contributed by atoms with Crippen molar-refractivity contribution in [3.8, 4) is 5.75 Å². The van der Waals surface area contributed by atoms with Crippen molar-refractivity contribution in [2.75, 3.05) is 12.4 Å². The topological polar surface area (TPSA) is 58.6 Å². The van der Waals surface area contributed by atoms with E-state index in [0.29, 0.717) is 27.6 Å². The lowest BCUT2D eigenvalue weighted by Gasteiger charge is -2.17. The summed E-state index contributed by atoms with van der Waals surface area (Å²) in [6.45, 7) is 0. The third kappa shape index (κ3) is 4.04. The largest absolute Gasteiger partial charge is 0.497 e. The minimum atomic E-state index is -0.902. The van der Waals surface area contributed by atoms with Crippen LogP contribution in [-0.4, -0.2) is 18.1 Å². The van der Waals surface area contributed by atoms with Gasteiger partial charge in [-0.15, -0.1) is 0 Å². The van der Waals surface area contributed by atoms with E-state index in [9.17, 15) is 9.90 Å². The lowest BCUT2D eigenvalue weighted by Crippen LogP contribution is -2.14. The molecule has 0 heterocycles. The van der Waals surface area contributed by atoms with Crippen LogP contribution in [0.25, 0.3) is 0 Å². The summed E-state index contributed by atoms with van der Waals surface area (Å²) in [5.41, 5.74) is 2.24. The molecule has 0 bridgehead atoms. The molecule has 0 aliphatic carbocycles. The zero-order chi connectivity index (χ0) is 18.5. The molecular weight excluding hydrogens is 350 g/mol. The van der Waals surface area contributed by atoms with Crippen LogP contribution in [-0.2, 0) is 0 Å². The van der Waals surface area contributed by atoms with Crippen LogP contribution in [0.2, 0.25) is 5.02 Å². The molecule has 0 fully saturated rings. The van der Waals surface area contributed by atoms with Gasteiger partial charge in [-0.3, -0.25) is 4.79 Å². The summed E-state index contributed by atoms with van der Waals surface area (Å²) in [5.74, 6) is 0.393. The summed E-state index contributed by atoms with van der Waals surface area (Å²) in [7, 11) is 1.57. The van der Waals surface area contributed by atoms with E-state index in [4.69, 9.17) is 16.3 Å². The Balaban J connectivity index is 1.89. The van der Waals surface area contributed by atoms with Gasteiger partial charge in [-0.05, 0) is 48.0 Å². The fraction of sp³-hybridized carbons (Fsp3) is 0.0952. The predicted molar refractivity (Wildman–Crippen MR) is 103 cm³/mol. The van der Waals surface area contributed by atoms with Gasteiger partial charge in [-0.25, -0.2) is 0 Å². The maximum Gasteiger partial charge on any atom is 0.255 e. The Labute approximate surface area is 157 Å². The van der Waals surface area contributed by atoms with Crippen molar-refractivity contribution in [3.05, 3.63) is 94.5 Å². The van der Waals surface area contributed by atoms with E-state index in [1.165, 1.54) is 0 Å². The molecule has 0 aliphatic rings. The molecule has 3 aromatic carbocycles. The number of carbonyl (C=O) groups is 1. The van der Waals surface area contributed by atoms with Gasteiger partial charge in [0.2, 0.25) is 0 Å². The SMILES string of the molecule is COc1ccc(C(=O)Nc2ccc(Cl)cc2[C@@H](O)c2ccccc2)cc1. The fourth-order valence-electron chi connectivity index (χ4n) is 2.63. The lowest BCUT2D eigenvalue weighted by atomic mass is 9.99. The normalized spacial score (nSPS) is 11.7. The van der Waals surface area contributed by atoms with E-state index in [0.717, 1.165) is 5.56 Å². The highest BCUT2D eigenvalue weighted by atomic mass is 35.5. The van der Waals surface area contributed by atoms with Gasteiger partial charge in [0.1, 0.15) is 11.9 Å². The molecule has 1 atom stereocenters. The highest BCUT2D eigenvalue weighted by molar-refractivity contribution is 6.30. The molecule has 4 nitrogen and oxygen atoms in total. The van der Waals surface area contributed by atoms with Gasteiger partial charge >= 0.3 is 0 Å². The van der Waals surface area contributed by atoms with Crippen molar-refractivity contribution in [3.63, 3.8) is 0 Å². The van der Waals surface area contributed by atoms with Crippen LogP contribution in [0.3, 0.4) is 0 Å². The molecule has 0 spiro atoms. The molecule has 5 heteroatoms. The van der Waals surface area contributed by atoms with Crippen molar-refractivity contribution >= 4 is 23.2 Å². The maximum atomic E-state index is 12.5. The first-order valence-corrected chi connectivity index (χ1v) is 8.44. The molecule has 3 rings (SSSR count). The number of carbonyl (C=O) groups excluding carboxylic acids is 1. The molecule has 1 amide bonds. The zero-order valence-electron chi connectivity index (χ0n) is 14.1. The first kappa shape index (κ1) is 18.0. The molecular formula is C21H18ClNO3. The maximum absolute atomic E-state index is 12.5. The molecule has 0 saturated carbocycles. The number of hydrogen-bond acceptors (Lipinski definition) is 3. The molecule has 0 saturated heterocycles. The fourth-order valence-corrected chi connectivity index (χ4v) is 2.81. The number of aliphatic hydroxyl groups is 1. The minimum Gasteiger partial charge on any atom is -0.497 e. The van der Waals surface area contributed by atoms with Crippen LogP contribution in [0.5, 0.6) is 5.75 Å². The summed E-state index contributed by atoms with van der Waals surface area (Å²) in [6.07, 6.45) is -0.902. The van der Waals surface area contributed by atoms with E-state index < -0.39 is 6.10 Å². The predicted octanol–water partition coefficient (Wildman–Crippen LogP) is 4.68. The number of nitrogens with one attached hydrogen (secondary N) is 1. The summed E-state index contributed by atoms with van der Waals surface area (Å²) < 4.78 is 5.10. The summed E-state index contributed by atoms with van der Waals surface area (Å²) in [4.78, 5) is 12.5. The third-order valence-corrected chi connectivity index (χ3v) is 4.26. The second kappa shape index (κ2) is 8.04. The van der Waals surface area contributed by atoms with Crippen molar-refractivity contribution in [1.82, 2.24) is 0 Å². The molecule has 2 N–H and O–H groups in total.